The van der Waals surface area contributed by atoms with Gasteiger partial charge in [-0.15, -0.1) is 11.3 Å². The molecule has 0 aliphatic carbocycles. The van der Waals surface area contributed by atoms with Gasteiger partial charge >= 0.3 is 5.97 Å². The average Bonchev–Trinajstić information content (AvgIpc) is 2.97. The standard InChI is InChI=1S/C13H16N2O2S/c1-13(2,12(16)17)5-3-11-15-10(8-18-11)9-4-6-14-7-9/h4,6-8,14H,3,5H2,1-2H3,(H,16,17). The zero-order valence-corrected chi connectivity index (χ0v) is 11.3. The maximum absolute atomic E-state index is 11.0. The SMILES string of the molecule is CC(C)(CCc1nc(-c2cc[nH]c2)cs1)C(=O)O. The Labute approximate surface area is 110 Å². The number of rotatable bonds is 5. The van der Waals surface area contributed by atoms with Gasteiger partial charge in [0.15, 0.2) is 0 Å². The lowest BCUT2D eigenvalue weighted by molar-refractivity contribution is -0.147. The lowest BCUT2D eigenvalue weighted by atomic mass is 9.88. The number of carboxylic acids is 1. The Morgan fingerprint density at radius 1 is 1.56 bits per heavy atom. The van der Waals surface area contributed by atoms with Crippen LogP contribution in [0.5, 0.6) is 0 Å². The van der Waals surface area contributed by atoms with Gasteiger partial charge in [-0.05, 0) is 26.3 Å². The van der Waals surface area contributed by atoms with E-state index in [2.05, 4.69) is 9.97 Å². The highest BCUT2D eigenvalue weighted by Gasteiger charge is 2.26. The van der Waals surface area contributed by atoms with Crippen LogP contribution in [0.3, 0.4) is 0 Å². The van der Waals surface area contributed by atoms with Crippen LogP contribution in [0.15, 0.2) is 23.8 Å². The summed E-state index contributed by atoms with van der Waals surface area (Å²) in [6.07, 6.45) is 5.07. The van der Waals surface area contributed by atoms with Crippen molar-refractivity contribution in [2.24, 2.45) is 5.41 Å². The fraction of sp³-hybridized carbons (Fsp3) is 0.385. The van der Waals surface area contributed by atoms with Crippen LogP contribution in [0.2, 0.25) is 0 Å². The molecule has 96 valence electrons. The summed E-state index contributed by atoms with van der Waals surface area (Å²) >= 11 is 1.58. The minimum atomic E-state index is -0.759. The van der Waals surface area contributed by atoms with Crippen molar-refractivity contribution in [2.45, 2.75) is 26.7 Å². The summed E-state index contributed by atoms with van der Waals surface area (Å²) in [6, 6.07) is 1.97. The van der Waals surface area contributed by atoms with E-state index in [0.717, 1.165) is 16.3 Å². The molecule has 2 aromatic heterocycles. The molecule has 0 atom stereocenters. The van der Waals surface area contributed by atoms with Crippen LogP contribution in [-0.2, 0) is 11.2 Å². The molecular formula is C13H16N2O2S. The monoisotopic (exact) mass is 264 g/mol. The Kier molecular flexibility index (Phi) is 3.52. The molecule has 2 rings (SSSR count). The fourth-order valence-electron chi connectivity index (χ4n) is 1.57. The number of aliphatic carboxylic acids is 1. The summed E-state index contributed by atoms with van der Waals surface area (Å²) in [7, 11) is 0. The molecule has 5 heteroatoms. The lowest BCUT2D eigenvalue weighted by Gasteiger charge is -2.17. The molecule has 2 aromatic rings. The lowest BCUT2D eigenvalue weighted by Crippen LogP contribution is -2.24. The molecule has 0 radical (unpaired) electrons. The van der Waals surface area contributed by atoms with Gasteiger partial charge in [0, 0.05) is 29.8 Å². The zero-order chi connectivity index (χ0) is 13.2. The smallest absolute Gasteiger partial charge is 0.309 e. The Morgan fingerprint density at radius 2 is 2.33 bits per heavy atom. The first-order valence-corrected chi connectivity index (χ1v) is 6.68. The van der Waals surface area contributed by atoms with Crippen LogP contribution in [0, 0.1) is 5.41 Å². The van der Waals surface area contributed by atoms with Crippen molar-refractivity contribution < 1.29 is 9.90 Å². The molecule has 0 saturated heterocycles. The molecule has 0 aliphatic heterocycles. The molecule has 0 unspecified atom stereocenters. The van der Waals surface area contributed by atoms with Gasteiger partial charge < -0.3 is 10.1 Å². The van der Waals surface area contributed by atoms with Crippen molar-refractivity contribution in [3.63, 3.8) is 0 Å². The molecule has 2 N–H and O–H groups in total. The summed E-state index contributed by atoms with van der Waals surface area (Å²) < 4.78 is 0. The van der Waals surface area contributed by atoms with Crippen LogP contribution in [0.4, 0.5) is 0 Å². The minimum Gasteiger partial charge on any atom is -0.481 e. The second-order valence-corrected chi connectivity index (χ2v) is 5.86. The summed E-state index contributed by atoms with van der Waals surface area (Å²) in [6.45, 7) is 3.49. The Balaban J connectivity index is 2.02. The number of carbonyl (C=O) groups is 1. The van der Waals surface area contributed by atoms with Gasteiger partial charge in [0.2, 0.25) is 0 Å². The topological polar surface area (TPSA) is 66.0 Å². The molecule has 18 heavy (non-hydrogen) atoms. The predicted molar refractivity (Wildman–Crippen MR) is 71.6 cm³/mol. The summed E-state index contributed by atoms with van der Waals surface area (Å²) in [5, 5.41) is 12.0. The van der Waals surface area contributed by atoms with E-state index in [1.165, 1.54) is 0 Å². The van der Waals surface area contributed by atoms with Crippen molar-refractivity contribution in [3.8, 4) is 11.3 Å². The number of H-pyrrole nitrogens is 1. The van der Waals surface area contributed by atoms with Gasteiger partial charge in [-0.1, -0.05) is 0 Å². The highest BCUT2D eigenvalue weighted by atomic mass is 32.1. The number of hydrogen-bond acceptors (Lipinski definition) is 3. The third-order valence-electron chi connectivity index (χ3n) is 2.99. The number of nitrogens with one attached hydrogen (secondary N) is 1. The first-order valence-electron chi connectivity index (χ1n) is 5.80. The van der Waals surface area contributed by atoms with Crippen LogP contribution < -0.4 is 0 Å². The molecular weight excluding hydrogens is 248 g/mol. The van der Waals surface area contributed by atoms with Crippen molar-refractivity contribution in [3.05, 3.63) is 28.8 Å². The molecule has 0 amide bonds. The molecule has 2 heterocycles. The summed E-state index contributed by atoms with van der Waals surface area (Å²) in [5.74, 6) is -0.759. The number of carboxylic acid groups (broad SMARTS) is 1. The fourth-order valence-corrected chi connectivity index (χ4v) is 2.38. The number of aryl methyl sites for hydroxylation is 1. The second kappa shape index (κ2) is 4.94. The minimum absolute atomic E-state index is 0.600. The average molecular weight is 264 g/mol. The molecule has 0 bridgehead atoms. The first kappa shape index (κ1) is 12.8. The van der Waals surface area contributed by atoms with Crippen LogP contribution >= 0.6 is 11.3 Å². The quantitative estimate of drug-likeness (QED) is 0.871. The van der Waals surface area contributed by atoms with E-state index in [9.17, 15) is 4.79 Å². The molecule has 0 spiro atoms. The normalized spacial score (nSPS) is 11.7. The molecule has 0 saturated carbocycles. The first-order chi connectivity index (χ1) is 8.49. The van der Waals surface area contributed by atoms with Gasteiger partial charge in [-0.25, -0.2) is 4.98 Å². The van der Waals surface area contributed by atoms with Crippen molar-refractivity contribution in [1.82, 2.24) is 9.97 Å². The number of nitrogens with zero attached hydrogens (tertiary/aromatic N) is 1. The van der Waals surface area contributed by atoms with E-state index in [0.29, 0.717) is 12.8 Å². The van der Waals surface area contributed by atoms with Crippen LogP contribution in [0.1, 0.15) is 25.3 Å². The van der Waals surface area contributed by atoms with Gasteiger partial charge in [0.1, 0.15) is 0 Å². The van der Waals surface area contributed by atoms with E-state index >= 15 is 0 Å². The summed E-state index contributed by atoms with van der Waals surface area (Å²) in [5.41, 5.74) is 1.32. The zero-order valence-electron chi connectivity index (χ0n) is 10.4. The van der Waals surface area contributed by atoms with Gasteiger partial charge in [-0.2, -0.15) is 0 Å². The van der Waals surface area contributed by atoms with E-state index in [4.69, 9.17) is 5.11 Å². The van der Waals surface area contributed by atoms with Gasteiger partial charge in [0.05, 0.1) is 16.1 Å². The van der Waals surface area contributed by atoms with E-state index in [-0.39, 0.29) is 0 Å². The van der Waals surface area contributed by atoms with E-state index in [1.54, 1.807) is 25.2 Å². The predicted octanol–water partition coefficient (Wildman–Crippen LogP) is 3.18. The highest BCUT2D eigenvalue weighted by molar-refractivity contribution is 7.09. The van der Waals surface area contributed by atoms with Crippen molar-refractivity contribution in [1.29, 1.82) is 0 Å². The Bertz CT molecular complexity index is 529. The molecule has 0 fully saturated rings. The Morgan fingerprint density at radius 3 is 2.94 bits per heavy atom. The number of aromatic amines is 1. The van der Waals surface area contributed by atoms with Crippen molar-refractivity contribution >= 4 is 17.3 Å². The van der Waals surface area contributed by atoms with E-state index in [1.807, 2.05) is 23.8 Å². The highest BCUT2D eigenvalue weighted by Crippen LogP contribution is 2.26. The van der Waals surface area contributed by atoms with Gasteiger partial charge in [0.25, 0.3) is 0 Å². The molecule has 4 nitrogen and oxygen atoms in total. The van der Waals surface area contributed by atoms with Crippen LogP contribution in [-0.4, -0.2) is 21.0 Å². The largest absolute Gasteiger partial charge is 0.481 e. The number of aromatic nitrogens is 2. The van der Waals surface area contributed by atoms with Gasteiger partial charge in [-0.3, -0.25) is 4.79 Å². The molecule has 0 aliphatic rings. The molecule has 0 aromatic carbocycles. The maximum atomic E-state index is 11.0. The maximum Gasteiger partial charge on any atom is 0.309 e. The third-order valence-corrected chi connectivity index (χ3v) is 3.90. The number of hydrogen-bond donors (Lipinski definition) is 2. The second-order valence-electron chi connectivity index (χ2n) is 4.92. The third kappa shape index (κ3) is 2.79. The van der Waals surface area contributed by atoms with E-state index < -0.39 is 11.4 Å². The van der Waals surface area contributed by atoms with Crippen LogP contribution in [0.25, 0.3) is 11.3 Å². The van der Waals surface area contributed by atoms with Crippen molar-refractivity contribution in [2.75, 3.05) is 0 Å². The Hall–Kier alpha value is -1.62. The summed E-state index contributed by atoms with van der Waals surface area (Å²) in [4.78, 5) is 18.5. The number of thiazole rings is 1.